The molecule has 1 N–H and O–H groups in total. The first-order chi connectivity index (χ1) is 8.90. The number of alkyl halides is 3. The van der Waals surface area contributed by atoms with E-state index in [2.05, 4.69) is 5.10 Å². The Morgan fingerprint density at radius 2 is 1.79 bits per heavy atom. The zero-order valence-electron chi connectivity index (χ0n) is 9.65. The van der Waals surface area contributed by atoms with Crippen molar-refractivity contribution in [2.45, 2.75) is 19.3 Å². The van der Waals surface area contributed by atoms with Gasteiger partial charge in [0.25, 0.3) is 0 Å². The summed E-state index contributed by atoms with van der Waals surface area (Å²) in [4.78, 5) is 0. The molecule has 1 aromatic carbocycles. The Morgan fingerprint density at radius 3 is 2.32 bits per heavy atom. The predicted molar refractivity (Wildman–Crippen MR) is 58.7 cm³/mol. The van der Waals surface area contributed by atoms with Crippen LogP contribution in [0, 0.1) is 5.82 Å². The molecule has 0 aliphatic heterocycles. The van der Waals surface area contributed by atoms with Crippen molar-refractivity contribution in [2.75, 3.05) is 0 Å². The van der Waals surface area contributed by atoms with Gasteiger partial charge >= 0.3 is 6.18 Å². The number of aliphatic hydroxyl groups excluding tert-OH is 1. The van der Waals surface area contributed by atoms with E-state index in [0.29, 0.717) is 5.56 Å². The van der Waals surface area contributed by atoms with Gasteiger partial charge in [-0.25, -0.2) is 4.39 Å². The minimum atomic E-state index is -4.56. The van der Waals surface area contributed by atoms with Crippen LogP contribution in [0.4, 0.5) is 17.6 Å². The van der Waals surface area contributed by atoms with Crippen molar-refractivity contribution >= 4 is 0 Å². The van der Waals surface area contributed by atoms with Crippen LogP contribution in [0.3, 0.4) is 0 Å². The highest BCUT2D eigenvalue weighted by atomic mass is 19.4. The normalized spacial score (nSPS) is 11.8. The van der Waals surface area contributed by atoms with Crippen molar-refractivity contribution in [1.29, 1.82) is 0 Å². The quantitative estimate of drug-likeness (QED) is 0.874. The van der Waals surface area contributed by atoms with Crippen molar-refractivity contribution < 1.29 is 22.7 Å². The molecule has 19 heavy (non-hydrogen) atoms. The van der Waals surface area contributed by atoms with Gasteiger partial charge in [-0.15, -0.1) is 0 Å². The summed E-state index contributed by atoms with van der Waals surface area (Å²) in [6.45, 7) is -0.517. The summed E-state index contributed by atoms with van der Waals surface area (Å²) in [5.74, 6) is -0.428. The number of rotatable bonds is 3. The van der Waals surface area contributed by atoms with Crippen LogP contribution in [0.15, 0.2) is 30.3 Å². The van der Waals surface area contributed by atoms with Crippen LogP contribution < -0.4 is 0 Å². The summed E-state index contributed by atoms with van der Waals surface area (Å²) in [6.07, 6.45) is -4.56. The average Bonchev–Trinajstić information content (AvgIpc) is 2.75. The maximum atomic E-state index is 12.7. The predicted octanol–water partition coefficient (Wildman–Crippen LogP) is 2.58. The fourth-order valence-corrected chi connectivity index (χ4v) is 1.62. The van der Waals surface area contributed by atoms with Crippen LogP contribution in [-0.2, 0) is 19.3 Å². The number of aromatic nitrogens is 2. The van der Waals surface area contributed by atoms with Gasteiger partial charge in [-0.1, -0.05) is 12.1 Å². The molecule has 1 aromatic heterocycles. The number of benzene rings is 1. The lowest BCUT2D eigenvalue weighted by Gasteiger charge is -2.05. The number of nitrogens with zero attached hydrogens (tertiary/aromatic N) is 2. The molecule has 0 fully saturated rings. The molecule has 1 heterocycles. The van der Waals surface area contributed by atoms with Crippen molar-refractivity contribution in [1.82, 2.24) is 9.78 Å². The van der Waals surface area contributed by atoms with E-state index in [1.807, 2.05) is 0 Å². The van der Waals surface area contributed by atoms with Gasteiger partial charge in [0.1, 0.15) is 5.82 Å². The highest BCUT2D eigenvalue weighted by Gasteiger charge is 2.34. The molecule has 0 unspecified atom stereocenters. The maximum absolute atomic E-state index is 12.7. The van der Waals surface area contributed by atoms with Gasteiger partial charge in [0.15, 0.2) is 5.69 Å². The van der Waals surface area contributed by atoms with Gasteiger partial charge < -0.3 is 5.11 Å². The second kappa shape index (κ2) is 5.00. The first-order valence-electron chi connectivity index (χ1n) is 5.39. The lowest BCUT2D eigenvalue weighted by Crippen LogP contribution is -2.09. The smallest absolute Gasteiger partial charge is 0.390 e. The molecular formula is C12H10F4N2O. The lowest BCUT2D eigenvalue weighted by atomic mass is 10.2. The Morgan fingerprint density at radius 1 is 1.16 bits per heavy atom. The average molecular weight is 274 g/mol. The van der Waals surface area contributed by atoms with Crippen molar-refractivity contribution in [3.05, 3.63) is 53.1 Å². The Labute approximate surface area is 106 Å². The van der Waals surface area contributed by atoms with Gasteiger partial charge in [0.2, 0.25) is 0 Å². The molecule has 0 aliphatic rings. The Balaban J connectivity index is 2.29. The van der Waals surface area contributed by atoms with Gasteiger partial charge in [0, 0.05) is 0 Å². The maximum Gasteiger partial charge on any atom is 0.435 e. The first-order valence-corrected chi connectivity index (χ1v) is 5.39. The zero-order valence-corrected chi connectivity index (χ0v) is 9.65. The molecule has 3 nitrogen and oxygen atoms in total. The van der Waals surface area contributed by atoms with E-state index in [1.165, 1.54) is 24.3 Å². The molecule has 0 bridgehead atoms. The van der Waals surface area contributed by atoms with Crippen molar-refractivity contribution in [3.8, 4) is 0 Å². The van der Waals surface area contributed by atoms with E-state index in [4.69, 9.17) is 5.11 Å². The minimum Gasteiger partial charge on any atom is -0.390 e. The summed E-state index contributed by atoms with van der Waals surface area (Å²) in [5.41, 5.74) is -0.414. The van der Waals surface area contributed by atoms with E-state index < -0.39 is 24.3 Å². The third-order valence-electron chi connectivity index (χ3n) is 2.56. The molecule has 0 atom stereocenters. The van der Waals surface area contributed by atoms with Crippen molar-refractivity contribution in [2.24, 2.45) is 0 Å². The van der Waals surface area contributed by atoms with Gasteiger partial charge in [0.05, 0.1) is 18.8 Å². The van der Waals surface area contributed by atoms with Gasteiger partial charge in [-0.2, -0.15) is 18.3 Å². The van der Waals surface area contributed by atoms with Crippen LogP contribution in [-0.4, -0.2) is 14.9 Å². The highest BCUT2D eigenvalue weighted by Crippen LogP contribution is 2.28. The lowest BCUT2D eigenvalue weighted by molar-refractivity contribution is -0.141. The van der Waals surface area contributed by atoms with Crippen LogP contribution >= 0.6 is 0 Å². The van der Waals surface area contributed by atoms with Crippen LogP contribution in [0.1, 0.15) is 17.0 Å². The fourth-order valence-electron chi connectivity index (χ4n) is 1.62. The molecule has 0 spiro atoms. The molecular weight excluding hydrogens is 264 g/mol. The zero-order chi connectivity index (χ0) is 14.0. The molecule has 102 valence electrons. The molecule has 7 heteroatoms. The van der Waals surface area contributed by atoms with Crippen molar-refractivity contribution in [3.63, 3.8) is 0 Å². The highest BCUT2D eigenvalue weighted by molar-refractivity contribution is 5.19. The van der Waals surface area contributed by atoms with E-state index >= 15 is 0 Å². The van der Waals surface area contributed by atoms with Crippen LogP contribution in [0.5, 0.6) is 0 Å². The summed E-state index contributed by atoms with van der Waals surface area (Å²) in [7, 11) is 0. The Bertz CT molecular complexity index is 560. The van der Waals surface area contributed by atoms with Crippen LogP contribution in [0.25, 0.3) is 0 Å². The SMILES string of the molecule is OCc1cc(C(F)(F)F)nn1Cc1ccc(F)cc1. The number of aliphatic hydroxyl groups is 1. The summed E-state index contributed by atoms with van der Waals surface area (Å²) in [6, 6.07) is 6.12. The molecule has 0 saturated carbocycles. The number of hydrogen-bond acceptors (Lipinski definition) is 2. The van der Waals surface area contributed by atoms with Gasteiger partial charge in [-0.05, 0) is 23.8 Å². The number of hydrogen-bond donors (Lipinski definition) is 1. The first kappa shape index (κ1) is 13.5. The number of halogens is 4. The van der Waals surface area contributed by atoms with E-state index in [1.54, 1.807) is 0 Å². The molecule has 0 amide bonds. The second-order valence-corrected chi connectivity index (χ2v) is 3.96. The fraction of sp³-hybridized carbons (Fsp3) is 0.250. The molecule has 0 aliphatic carbocycles. The van der Waals surface area contributed by atoms with E-state index in [-0.39, 0.29) is 12.2 Å². The molecule has 0 radical (unpaired) electrons. The second-order valence-electron chi connectivity index (χ2n) is 3.96. The van der Waals surface area contributed by atoms with E-state index in [9.17, 15) is 17.6 Å². The largest absolute Gasteiger partial charge is 0.435 e. The van der Waals surface area contributed by atoms with Gasteiger partial charge in [-0.3, -0.25) is 4.68 Å². The topological polar surface area (TPSA) is 38.1 Å². The third kappa shape index (κ3) is 3.11. The summed E-state index contributed by atoms with van der Waals surface area (Å²) >= 11 is 0. The Hall–Kier alpha value is -1.89. The molecule has 2 aromatic rings. The van der Waals surface area contributed by atoms with E-state index in [0.717, 1.165) is 10.7 Å². The molecule has 0 saturated heterocycles. The Kier molecular flexibility index (Phi) is 3.57. The third-order valence-corrected chi connectivity index (χ3v) is 2.56. The summed E-state index contributed by atoms with van der Waals surface area (Å²) in [5, 5.41) is 12.4. The molecule has 2 rings (SSSR count). The standard InChI is InChI=1S/C12H10F4N2O/c13-9-3-1-8(2-4-9)6-18-10(7-19)5-11(17-18)12(14,15)16/h1-5,19H,6-7H2. The van der Waals surface area contributed by atoms with Crippen LogP contribution in [0.2, 0.25) is 0 Å². The monoisotopic (exact) mass is 274 g/mol. The summed E-state index contributed by atoms with van der Waals surface area (Å²) < 4.78 is 51.3. The minimum absolute atomic E-state index is 0.0340.